The van der Waals surface area contributed by atoms with Gasteiger partial charge in [-0.05, 0) is 13.0 Å². The Kier molecular flexibility index (Phi) is 14.0. The predicted octanol–water partition coefficient (Wildman–Crippen LogP) is -0.361. The lowest BCUT2D eigenvalue weighted by molar-refractivity contribution is 0.159. The highest BCUT2D eigenvalue weighted by atomic mass is 16.3. The third-order valence-corrected chi connectivity index (χ3v) is 1.91. The molecule has 0 saturated carbocycles. The average Bonchev–Trinajstić information content (AvgIpc) is 2.06. The number of rotatable bonds is 8. The molecule has 4 heteroatoms. The summed E-state index contributed by atoms with van der Waals surface area (Å²) in [5, 5.41) is 17.4. The normalized spacial score (nSPS) is 10.2. The van der Waals surface area contributed by atoms with Gasteiger partial charge in [-0.25, -0.2) is 0 Å². The molecule has 0 aliphatic rings. The van der Waals surface area contributed by atoms with E-state index in [0.29, 0.717) is 13.1 Å². The van der Waals surface area contributed by atoms with Gasteiger partial charge in [0.05, 0.1) is 13.2 Å². The van der Waals surface area contributed by atoms with E-state index in [4.69, 9.17) is 10.2 Å². The fourth-order valence-corrected chi connectivity index (χ4v) is 1.20. The molecule has 82 valence electrons. The summed E-state index contributed by atoms with van der Waals surface area (Å²) >= 11 is 0. The Hall–Kier alpha value is -0.160. The van der Waals surface area contributed by atoms with E-state index in [1.54, 1.807) is 0 Å². The number of hydrogen-bond donors (Lipinski definition) is 2. The molecule has 0 aromatic carbocycles. The summed E-state index contributed by atoms with van der Waals surface area (Å²) in [4.78, 5) is 2.09. The van der Waals surface area contributed by atoms with Crippen molar-refractivity contribution >= 4 is 0 Å². The van der Waals surface area contributed by atoms with Crippen LogP contribution < -0.4 is 0 Å². The third-order valence-electron chi connectivity index (χ3n) is 1.91. The summed E-state index contributed by atoms with van der Waals surface area (Å²) in [7, 11) is 0. The highest BCUT2D eigenvalue weighted by Gasteiger charge is 2.01. The van der Waals surface area contributed by atoms with Crippen LogP contribution in [-0.4, -0.2) is 53.4 Å². The van der Waals surface area contributed by atoms with Crippen molar-refractivity contribution in [3.8, 4) is 0 Å². The zero-order valence-corrected chi connectivity index (χ0v) is 8.50. The summed E-state index contributed by atoms with van der Waals surface area (Å²) in [6.07, 6.45) is 3.61. The zero-order chi connectivity index (χ0) is 9.23. The zero-order valence-electron chi connectivity index (χ0n) is 8.50. The Morgan fingerprint density at radius 3 is 1.85 bits per heavy atom. The highest BCUT2D eigenvalue weighted by Crippen LogP contribution is 1.97. The van der Waals surface area contributed by atoms with Gasteiger partial charge in [-0.1, -0.05) is 19.8 Å². The molecule has 0 atom stereocenters. The molecule has 0 aliphatic heterocycles. The van der Waals surface area contributed by atoms with Crippen LogP contribution in [0, 0.1) is 0 Å². The van der Waals surface area contributed by atoms with Gasteiger partial charge in [0.1, 0.15) is 0 Å². The molecule has 13 heavy (non-hydrogen) atoms. The number of aliphatic hydroxyl groups excluding tert-OH is 2. The van der Waals surface area contributed by atoms with Crippen molar-refractivity contribution in [2.75, 3.05) is 32.8 Å². The van der Waals surface area contributed by atoms with Crippen LogP contribution in [-0.2, 0) is 0 Å². The average molecular weight is 193 g/mol. The quantitative estimate of drug-likeness (QED) is 0.517. The molecule has 0 rings (SSSR count). The lowest BCUT2D eigenvalue weighted by atomic mass is 10.2. The van der Waals surface area contributed by atoms with Gasteiger partial charge >= 0.3 is 0 Å². The molecule has 0 heterocycles. The molecule has 0 bridgehead atoms. The van der Waals surface area contributed by atoms with Crippen molar-refractivity contribution < 1.29 is 15.7 Å². The molecule has 0 amide bonds. The lowest BCUT2D eigenvalue weighted by Crippen LogP contribution is -2.30. The predicted molar refractivity (Wildman–Crippen MR) is 53.8 cm³/mol. The second kappa shape index (κ2) is 11.8. The largest absolute Gasteiger partial charge is 0.412 e. The molecule has 0 aliphatic carbocycles. The molecule has 0 aromatic rings. The number of unbranched alkanes of at least 4 members (excludes halogenated alkanes) is 2. The topological polar surface area (TPSA) is 75.2 Å². The Balaban J connectivity index is 0. The smallest absolute Gasteiger partial charge is 0.0558 e. The van der Waals surface area contributed by atoms with Crippen molar-refractivity contribution in [1.82, 2.24) is 4.90 Å². The second-order valence-corrected chi connectivity index (χ2v) is 3.00. The van der Waals surface area contributed by atoms with E-state index in [-0.39, 0.29) is 18.7 Å². The first-order valence-electron chi connectivity index (χ1n) is 4.79. The van der Waals surface area contributed by atoms with Crippen molar-refractivity contribution in [2.24, 2.45) is 0 Å². The van der Waals surface area contributed by atoms with E-state index in [0.717, 1.165) is 13.0 Å². The summed E-state index contributed by atoms with van der Waals surface area (Å²) in [5.41, 5.74) is 0. The van der Waals surface area contributed by atoms with Crippen LogP contribution in [0.2, 0.25) is 0 Å². The molecule has 0 radical (unpaired) electrons. The maximum absolute atomic E-state index is 8.70. The van der Waals surface area contributed by atoms with Crippen LogP contribution in [0.4, 0.5) is 0 Å². The first-order chi connectivity index (χ1) is 5.85. The molecular weight excluding hydrogens is 170 g/mol. The van der Waals surface area contributed by atoms with E-state index in [9.17, 15) is 0 Å². The van der Waals surface area contributed by atoms with Gasteiger partial charge in [0.15, 0.2) is 0 Å². The summed E-state index contributed by atoms with van der Waals surface area (Å²) in [5.74, 6) is 0. The van der Waals surface area contributed by atoms with Crippen molar-refractivity contribution in [2.45, 2.75) is 26.2 Å². The number of hydrogen-bond acceptors (Lipinski definition) is 3. The van der Waals surface area contributed by atoms with Gasteiger partial charge in [0.2, 0.25) is 0 Å². The first-order valence-corrected chi connectivity index (χ1v) is 4.79. The minimum atomic E-state index is 0. The highest BCUT2D eigenvalue weighted by molar-refractivity contribution is 4.55. The van der Waals surface area contributed by atoms with Crippen LogP contribution in [0.15, 0.2) is 0 Å². The Labute approximate surface area is 80.5 Å². The summed E-state index contributed by atoms with van der Waals surface area (Å²) in [6.45, 7) is 4.91. The molecule has 0 saturated heterocycles. The van der Waals surface area contributed by atoms with Gasteiger partial charge in [-0.3, -0.25) is 4.90 Å². The minimum absolute atomic E-state index is 0. The molecule has 0 spiro atoms. The maximum atomic E-state index is 8.70. The molecule has 4 N–H and O–H groups in total. The van der Waals surface area contributed by atoms with Crippen LogP contribution in [0.1, 0.15) is 26.2 Å². The first kappa shape index (κ1) is 15.3. The molecule has 4 nitrogen and oxygen atoms in total. The molecule has 0 fully saturated rings. The van der Waals surface area contributed by atoms with Gasteiger partial charge < -0.3 is 15.7 Å². The van der Waals surface area contributed by atoms with E-state index in [2.05, 4.69) is 11.8 Å². The number of aliphatic hydroxyl groups is 2. The Morgan fingerprint density at radius 2 is 1.46 bits per heavy atom. The molecule has 0 aromatic heterocycles. The fraction of sp³-hybridized carbons (Fsp3) is 1.00. The maximum Gasteiger partial charge on any atom is 0.0558 e. The van der Waals surface area contributed by atoms with Gasteiger partial charge in [-0.2, -0.15) is 0 Å². The van der Waals surface area contributed by atoms with E-state index < -0.39 is 0 Å². The lowest BCUT2D eigenvalue weighted by Gasteiger charge is -2.19. The number of nitrogens with zero attached hydrogens (tertiary/aromatic N) is 1. The third kappa shape index (κ3) is 9.76. The summed E-state index contributed by atoms with van der Waals surface area (Å²) in [6, 6.07) is 0. The van der Waals surface area contributed by atoms with Crippen LogP contribution in [0.3, 0.4) is 0 Å². The fourth-order valence-electron chi connectivity index (χ4n) is 1.20. The molecule has 0 unspecified atom stereocenters. The van der Waals surface area contributed by atoms with Crippen molar-refractivity contribution in [3.05, 3.63) is 0 Å². The molecular formula is C9H23NO3. The van der Waals surface area contributed by atoms with Gasteiger partial charge in [0.25, 0.3) is 0 Å². The standard InChI is InChI=1S/C9H21NO2.H2O/c1-2-3-4-5-10(6-8-11)7-9-12;/h11-12H,2-9H2,1H3;1H2. The SMILES string of the molecule is CCCCCN(CCO)CCO.O. The van der Waals surface area contributed by atoms with E-state index >= 15 is 0 Å². The Morgan fingerprint density at radius 1 is 0.923 bits per heavy atom. The van der Waals surface area contributed by atoms with Crippen molar-refractivity contribution in [3.63, 3.8) is 0 Å². The minimum Gasteiger partial charge on any atom is -0.412 e. The van der Waals surface area contributed by atoms with E-state index in [1.807, 2.05) is 0 Å². The van der Waals surface area contributed by atoms with E-state index in [1.165, 1.54) is 12.8 Å². The van der Waals surface area contributed by atoms with Crippen LogP contribution >= 0.6 is 0 Å². The summed E-state index contributed by atoms with van der Waals surface area (Å²) < 4.78 is 0. The van der Waals surface area contributed by atoms with Crippen molar-refractivity contribution in [1.29, 1.82) is 0 Å². The van der Waals surface area contributed by atoms with Gasteiger partial charge in [-0.15, -0.1) is 0 Å². The van der Waals surface area contributed by atoms with Crippen LogP contribution in [0.5, 0.6) is 0 Å². The monoisotopic (exact) mass is 193 g/mol. The van der Waals surface area contributed by atoms with Crippen LogP contribution in [0.25, 0.3) is 0 Å². The Bertz CT molecular complexity index is 84.9. The second-order valence-electron chi connectivity index (χ2n) is 3.00. The van der Waals surface area contributed by atoms with Gasteiger partial charge in [0, 0.05) is 13.1 Å².